The molecule has 0 atom stereocenters. The SMILES string of the molecule is Cc1oc(-n2cccc2)c(C#N)c1C(=O)OCC(=O)N(C)C1CCC(C)CC1. The van der Waals surface area contributed by atoms with Gasteiger partial charge in [0.2, 0.25) is 5.88 Å². The van der Waals surface area contributed by atoms with Crippen LogP contribution in [-0.2, 0) is 9.53 Å². The molecule has 0 spiro atoms. The zero-order valence-electron chi connectivity index (χ0n) is 16.5. The molecule has 3 rings (SSSR count). The minimum Gasteiger partial charge on any atom is -0.452 e. The van der Waals surface area contributed by atoms with E-state index in [1.54, 1.807) is 48.0 Å². The first-order valence-corrected chi connectivity index (χ1v) is 9.52. The first-order valence-electron chi connectivity index (χ1n) is 9.52. The molecule has 148 valence electrons. The maximum Gasteiger partial charge on any atom is 0.343 e. The zero-order chi connectivity index (χ0) is 20.3. The van der Waals surface area contributed by atoms with Crippen LogP contribution in [-0.4, -0.2) is 41.0 Å². The number of hydrogen-bond donors (Lipinski definition) is 0. The summed E-state index contributed by atoms with van der Waals surface area (Å²) in [5.41, 5.74) is 0.161. The van der Waals surface area contributed by atoms with E-state index in [0.29, 0.717) is 5.92 Å². The molecule has 0 radical (unpaired) electrons. The molecule has 1 aliphatic carbocycles. The number of likely N-dealkylation sites (N-methyl/N-ethyl adjacent to an activating group) is 1. The molecule has 0 saturated heterocycles. The largest absolute Gasteiger partial charge is 0.452 e. The molecule has 1 amide bonds. The number of esters is 1. The van der Waals surface area contributed by atoms with Gasteiger partial charge in [-0.25, -0.2) is 4.79 Å². The molecule has 0 aliphatic heterocycles. The van der Waals surface area contributed by atoms with Crippen LogP contribution in [0.25, 0.3) is 5.88 Å². The Morgan fingerprint density at radius 1 is 1.29 bits per heavy atom. The van der Waals surface area contributed by atoms with Gasteiger partial charge >= 0.3 is 5.97 Å². The summed E-state index contributed by atoms with van der Waals surface area (Å²) in [7, 11) is 1.75. The first kappa shape index (κ1) is 19.7. The molecule has 2 aromatic rings. The summed E-state index contributed by atoms with van der Waals surface area (Å²) in [6, 6.07) is 5.78. The summed E-state index contributed by atoms with van der Waals surface area (Å²) in [6.07, 6.45) is 7.58. The van der Waals surface area contributed by atoms with Crippen LogP contribution in [0.4, 0.5) is 0 Å². The predicted octanol–water partition coefficient (Wildman–Crippen LogP) is 3.44. The van der Waals surface area contributed by atoms with Crippen molar-refractivity contribution in [1.82, 2.24) is 9.47 Å². The van der Waals surface area contributed by atoms with Crippen molar-refractivity contribution in [3.63, 3.8) is 0 Å². The summed E-state index contributed by atoms with van der Waals surface area (Å²) < 4.78 is 12.4. The van der Waals surface area contributed by atoms with E-state index in [4.69, 9.17) is 9.15 Å². The Morgan fingerprint density at radius 3 is 2.54 bits per heavy atom. The van der Waals surface area contributed by atoms with E-state index in [1.807, 2.05) is 6.07 Å². The second kappa shape index (κ2) is 8.34. The number of rotatable bonds is 5. The number of nitrogens with zero attached hydrogens (tertiary/aromatic N) is 3. The van der Waals surface area contributed by atoms with E-state index in [0.717, 1.165) is 25.7 Å². The summed E-state index contributed by atoms with van der Waals surface area (Å²) >= 11 is 0. The molecular weight excluding hydrogens is 358 g/mol. The third-order valence-corrected chi connectivity index (χ3v) is 5.47. The molecule has 7 nitrogen and oxygen atoms in total. The molecule has 0 aromatic carbocycles. The van der Waals surface area contributed by atoms with Gasteiger partial charge in [0.1, 0.15) is 23.0 Å². The highest BCUT2D eigenvalue weighted by molar-refractivity contribution is 5.95. The summed E-state index contributed by atoms with van der Waals surface area (Å²) in [5.74, 6) is 0.276. The van der Waals surface area contributed by atoms with E-state index >= 15 is 0 Å². The van der Waals surface area contributed by atoms with Gasteiger partial charge in [-0.3, -0.25) is 9.36 Å². The number of carbonyl (C=O) groups excluding carboxylic acids is 2. The lowest BCUT2D eigenvalue weighted by molar-refractivity contribution is -0.136. The molecule has 28 heavy (non-hydrogen) atoms. The van der Waals surface area contributed by atoms with Crippen molar-refractivity contribution in [2.45, 2.75) is 45.6 Å². The molecule has 2 aromatic heterocycles. The summed E-state index contributed by atoms with van der Waals surface area (Å²) in [5, 5.41) is 9.51. The second-order valence-electron chi connectivity index (χ2n) is 7.41. The highest BCUT2D eigenvalue weighted by atomic mass is 16.5. The van der Waals surface area contributed by atoms with Crippen molar-refractivity contribution in [1.29, 1.82) is 5.26 Å². The smallest absolute Gasteiger partial charge is 0.343 e. The number of carbonyl (C=O) groups is 2. The van der Waals surface area contributed by atoms with Crippen LogP contribution >= 0.6 is 0 Å². The number of hydrogen-bond acceptors (Lipinski definition) is 5. The van der Waals surface area contributed by atoms with Gasteiger partial charge in [0.25, 0.3) is 5.91 Å². The lowest BCUT2D eigenvalue weighted by Crippen LogP contribution is -2.41. The second-order valence-corrected chi connectivity index (χ2v) is 7.41. The fourth-order valence-corrected chi connectivity index (χ4v) is 3.67. The predicted molar refractivity (Wildman–Crippen MR) is 102 cm³/mol. The fourth-order valence-electron chi connectivity index (χ4n) is 3.67. The highest BCUT2D eigenvalue weighted by Gasteiger charge is 2.28. The average molecular weight is 383 g/mol. The zero-order valence-corrected chi connectivity index (χ0v) is 16.5. The highest BCUT2D eigenvalue weighted by Crippen LogP contribution is 2.27. The molecule has 0 unspecified atom stereocenters. The van der Waals surface area contributed by atoms with Gasteiger partial charge in [-0.05, 0) is 50.7 Å². The minimum atomic E-state index is -0.727. The summed E-state index contributed by atoms with van der Waals surface area (Å²) in [6.45, 7) is 3.47. The van der Waals surface area contributed by atoms with E-state index in [1.165, 1.54) is 0 Å². The number of furan rings is 1. The Morgan fingerprint density at radius 2 is 1.93 bits per heavy atom. The van der Waals surface area contributed by atoms with Crippen molar-refractivity contribution in [3.05, 3.63) is 41.4 Å². The van der Waals surface area contributed by atoms with Crippen LogP contribution in [0.2, 0.25) is 0 Å². The van der Waals surface area contributed by atoms with Crippen LogP contribution in [0.1, 0.15) is 54.3 Å². The van der Waals surface area contributed by atoms with Crippen molar-refractivity contribution in [3.8, 4) is 12.0 Å². The number of nitriles is 1. The van der Waals surface area contributed by atoms with E-state index in [2.05, 4.69) is 6.92 Å². The van der Waals surface area contributed by atoms with Gasteiger partial charge in [0, 0.05) is 25.5 Å². The van der Waals surface area contributed by atoms with Crippen molar-refractivity contribution in [2.75, 3.05) is 13.7 Å². The van der Waals surface area contributed by atoms with Crippen LogP contribution in [0.3, 0.4) is 0 Å². The number of aryl methyl sites for hydroxylation is 1. The lowest BCUT2D eigenvalue weighted by atomic mass is 9.87. The van der Waals surface area contributed by atoms with Gasteiger partial charge in [0.15, 0.2) is 6.61 Å². The molecule has 1 fully saturated rings. The molecule has 7 heteroatoms. The van der Waals surface area contributed by atoms with Crippen molar-refractivity contribution >= 4 is 11.9 Å². The lowest BCUT2D eigenvalue weighted by Gasteiger charge is -2.33. The van der Waals surface area contributed by atoms with E-state index < -0.39 is 5.97 Å². The van der Waals surface area contributed by atoms with Crippen LogP contribution < -0.4 is 0 Å². The van der Waals surface area contributed by atoms with Gasteiger partial charge in [-0.2, -0.15) is 5.26 Å². The van der Waals surface area contributed by atoms with Gasteiger partial charge in [-0.1, -0.05) is 6.92 Å². The molecule has 2 heterocycles. The van der Waals surface area contributed by atoms with Crippen LogP contribution in [0.5, 0.6) is 0 Å². The average Bonchev–Trinajstić information content (AvgIpc) is 3.33. The Kier molecular flexibility index (Phi) is 5.88. The first-order chi connectivity index (χ1) is 13.4. The Labute approximate surface area is 164 Å². The fraction of sp³-hybridized carbons (Fsp3) is 0.476. The molecular formula is C21H25N3O4. The van der Waals surface area contributed by atoms with E-state index in [9.17, 15) is 14.9 Å². The van der Waals surface area contributed by atoms with Gasteiger partial charge in [0.05, 0.1) is 0 Å². The van der Waals surface area contributed by atoms with Crippen molar-refractivity contribution < 1.29 is 18.7 Å². The number of ether oxygens (including phenoxy) is 1. The van der Waals surface area contributed by atoms with Crippen molar-refractivity contribution in [2.24, 2.45) is 5.92 Å². The quantitative estimate of drug-likeness (QED) is 0.738. The third kappa shape index (κ3) is 3.96. The maximum atomic E-state index is 12.6. The van der Waals surface area contributed by atoms with Gasteiger partial charge in [-0.15, -0.1) is 0 Å². The molecule has 1 saturated carbocycles. The van der Waals surface area contributed by atoms with Crippen LogP contribution in [0, 0.1) is 24.2 Å². The normalized spacial score (nSPS) is 19.1. The minimum absolute atomic E-state index is 0.0631. The van der Waals surface area contributed by atoms with Gasteiger partial charge < -0.3 is 14.1 Å². The number of amides is 1. The molecule has 0 N–H and O–H groups in total. The standard InChI is InChI=1S/C21H25N3O4/c1-14-6-8-16(9-7-14)23(3)18(25)13-27-21(26)19-15(2)28-20(17(19)12-22)24-10-4-5-11-24/h4-5,10-11,14,16H,6-9,13H2,1-3H3. The van der Waals surface area contributed by atoms with Crippen LogP contribution in [0.15, 0.2) is 28.9 Å². The molecule has 1 aliphatic rings. The Bertz CT molecular complexity index is 884. The Hall–Kier alpha value is -3.01. The number of aromatic nitrogens is 1. The Balaban J connectivity index is 1.67. The third-order valence-electron chi connectivity index (χ3n) is 5.47. The molecule has 0 bridgehead atoms. The van der Waals surface area contributed by atoms with E-state index in [-0.39, 0.29) is 41.3 Å². The monoisotopic (exact) mass is 383 g/mol. The maximum absolute atomic E-state index is 12.6. The topological polar surface area (TPSA) is 88.5 Å². The summed E-state index contributed by atoms with van der Waals surface area (Å²) in [4.78, 5) is 26.7.